The summed E-state index contributed by atoms with van der Waals surface area (Å²) in [5, 5.41) is 2.58. The van der Waals surface area contributed by atoms with Gasteiger partial charge in [-0.1, -0.05) is 146 Å². The van der Waals surface area contributed by atoms with Crippen LogP contribution in [-0.4, -0.2) is 4.57 Å². The van der Waals surface area contributed by atoms with Crippen LogP contribution in [0.15, 0.2) is 194 Å². The first-order valence-corrected chi connectivity index (χ1v) is 17.7. The van der Waals surface area contributed by atoms with Crippen LogP contribution in [0, 0.1) is 0 Å². The largest absolute Gasteiger partial charge is 0.310 e. The fraction of sp³-hybridized carbons (Fsp3) is 0.0204. The standard InChI is InChI=1S/C49H32N2/c1-3-14-33(15-4-1)34-26-28-36(29-27-34)50(35-16-5-2-6-17-35)37-30-31-47-45(32-37)49(42-22-10-7-18-38(42)39-19-8-11-23-43(39)49)44-24-13-21-41-40-20-9-12-25-46(40)51(47)48(41)44/h1-32H. The molecule has 2 heteroatoms. The second-order valence-corrected chi connectivity index (χ2v) is 13.7. The Kier molecular flexibility index (Phi) is 5.91. The van der Waals surface area contributed by atoms with Gasteiger partial charge in [0.2, 0.25) is 0 Å². The van der Waals surface area contributed by atoms with E-state index in [4.69, 9.17) is 0 Å². The van der Waals surface area contributed by atoms with Crippen LogP contribution in [0.25, 0.3) is 49.7 Å². The molecule has 1 spiro atoms. The van der Waals surface area contributed by atoms with Crippen molar-refractivity contribution in [3.05, 3.63) is 216 Å². The molecular weight excluding hydrogens is 617 g/mol. The zero-order valence-electron chi connectivity index (χ0n) is 27.9. The Hall–Kier alpha value is -6.64. The van der Waals surface area contributed by atoms with Crippen LogP contribution in [0.2, 0.25) is 0 Å². The summed E-state index contributed by atoms with van der Waals surface area (Å²) >= 11 is 0. The van der Waals surface area contributed by atoms with Gasteiger partial charge in [0.1, 0.15) is 0 Å². The molecule has 1 aromatic heterocycles. The van der Waals surface area contributed by atoms with Crippen LogP contribution in [0.3, 0.4) is 0 Å². The lowest BCUT2D eigenvalue weighted by atomic mass is 9.65. The van der Waals surface area contributed by atoms with Crippen molar-refractivity contribution < 1.29 is 0 Å². The van der Waals surface area contributed by atoms with Gasteiger partial charge in [-0.25, -0.2) is 0 Å². The number of para-hydroxylation sites is 3. The summed E-state index contributed by atoms with van der Waals surface area (Å²) < 4.78 is 2.52. The first-order chi connectivity index (χ1) is 25.3. The van der Waals surface area contributed by atoms with Gasteiger partial charge in [-0.05, 0) is 93.0 Å². The molecule has 11 rings (SSSR count). The molecule has 0 bridgehead atoms. The molecule has 238 valence electrons. The Morgan fingerprint density at radius 3 is 1.67 bits per heavy atom. The molecule has 0 saturated carbocycles. The zero-order chi connectivity index (χ0) is 33.5. The normalized spacial score (nSPS) is 13.3. The molecule has 8 aromatic carbocycles. The summed E-state index contributed by atoms with van der Waals surface area (Å²) in [6.45, 7) is 0. The number of hydrogen-bond acceptors (Lipinski definition) is 1. The van der Waals surface area contributed by atoms with E-state index >= 15 is 0 Å². The molecule has 9 aromatic rings. The van der Waals surface area contributed by atoms with Crippen molar-refractivity contribution in [3.8, 4) is 27.9 Å². The van der Waals surface area contributed by atoms with Gasteiger partial charge >= 0.3 is 0 Å². The van der Waals surface area contributed by atoms with Crippen molar-refractivity contribution in [1.82, 2.24) is 4.57 Å². The van der Waals surface area contributed by atoms with Crippen molar-refractivity contribution in [3.63, 3.8) is 0 Å². The average molecular weight is 649 g/mol. The highest BCUT2D eigenvalue weighted by atomic mass is 15.1. The van der Waals surface area contributed by atoms with E-state index in [9.17, 15) is 0 Å². The Morgan fingerprint density at radius 1 is 0.373 bits per heavy atom. The second kappa shape index (κ2) is 10.7. The number of rotatable bonds is 4. The van der Waals surface area contributed by atoms with Crippen molar-refractivity contribution >= 4 is 38.9 Å². The molecule has 0 fully saturated rings. The van der Waals surface area contributed by atoms with E-state index < -0.39 is 5.41 Å². The van der Waals surface area contributed by atoms with Crippen LogP contribution >= 0.6 is 0 Å². The lowest BCUT2D eigenvalue weighted by Gasteiger charge is -2.40. The number of anilines is 3. The van der Waals surface area contributed by atoms with Gasteiger partial charge in [0.05, 0.1) is 22.1 Å². The minimum atomic E-state index is -0.498. The molecule has 0 atom stereocenters. The fourth-order valence-corrected chi connectivity index (χ4v) is 9.15. The predicted molar refractivity (Wildman–Crippen MR) is 212 cm³/mol. The molecule has 1 aliphatic heterocycles. The number of aromatic nitrogens is 1. The minimum Gasteiger partial charge on any atom is -0.310 e. The molecule has 2 heterocycles. The van der Waals surface area contributed by atoms with Gasteiger partial charge in [0.15, 0.2) is 0 Å². The smallest absolute Gasteiger partial charge is 0.0755 e. The van der Waals surface area contributed by atoms with E-state index in [0.717, 1.165) is 17.1 Å². The maximum Gasteiger partial charge on any atom is 0.0755 e. The quantitative estimate of drug-likeness (QED) is 0.184. The van der Waals surface area contributed by atoms with Crippen LogP contribution in [-0.2, 0) is 5.41 Å². The van der Waals surface area contributed by atoms with Gasteiger partial charge in [0, 0.05) is 27.8 Å². The van der Waals surface area contributed by atoms with Gasteiger partial charge in [-0.3, -0.25) is 0 Å². The van der Waals surface area contributed by atoms with Crippen molar-refractivity contribution in [2.75, 3.05) is 4.90 Å². The summed E-state index contributed by atoms with van der Waals surface area (Å²) in [6, 6.07) is 71.5. The van der Waals surface area contributed by atoms with Crippen LogP contribution in [0.4, 0.5) is 17.1 Å². The Morgan fingerprint density at radius 2 is 0.922 bits per heavy atom. The summed E-state index contributed by atoms with van der Waals surface area (Å²) in [7, 11) is 0. The third-order valence-electron chi connectivity index (χ3n) is 11.2. The molecule has 0 radical (unpaired) electrons. The minimum absolute atomic E-state index is 0.498. The molecule has 0 N–H and O–H groups in total. The summed E-state index contributed by atoms with van der Waals surface area (Å²) in [5.41, 5.74) is 17.0. The highest BCUT2D eigenvalue weighted by molar-refractivity contribution is 6.13. The maximum absolute atomic E-state index is 2.52. The number of hydrogen-bond donors (Lipinski definition) is 0. The second-order valence-electron chi connectivity index (χ2n) is 13.7. The van der Waals surface area contributed by atoms with Crippen molar-refractivity contribution in [2.45, 2.75) is 5.41 Å². The van der Waals surface area contributed by atoms with Crippen LogP contribution in [0.5, 0.6) is 0 Å². The molecule has 0 saturated heterocycles. The third kappa shape index (κ3) is 3.82. The highest BCUT2D eigenvalue weighted by Crippen LogP contribution is 2.61. The van der Waals surface area contributed by atoms with Gasteiger partial charge in [-0.15, -0.1) is 0 Å². The summed E-state index contributed by atoms with van der Waals surface area (Å²) in [6.07, 6.45) is 0. The van der Waals surface area contributed by atoms with E-state index in [1.807, 2.05) is 0 Å². The van der Waals surface area contributed by atoms with E-state index in [-0.39, 0.29) is 0 Å². The van der Waals surface area contributed by atoms with Crippen molar-refractivity contribution in [1.29, 1.82) is 0 Å². The maximum atomic E-state index is 2.52. The van der Waals surface area contributed by atoms with Gasteiger partial charge in [-0.2, -0.15) is 0 Å². The van der Waals surface area contributed by atoms with E-state index in [1.165, 1.54) is 72.0 Å². The predicted octanol–water partition coefficient (Wildman–Crippen LogP) is 12.6. The van der Waals surface area contributed by atoms with E-state index in [0.29, 0.717) is 0 Å². The van der Waals surface area contributed by atoms with E-state index in [2.05, 4.69) is 204 Å². The lowest BCUT2D eigenvalue weighted by Crippen LogP contribution is -2.33. The molecular formula is C49H32N2. The van der Waals surface area contributed by atoms with Gasteiger partial charge < -0.3 is 9.47 Å². The fourth-order valence-electron chi connectivity index (χ4n) is 9.15. The summed E-state index contributed by atoms with van der Waals surface area (Å²) in [4.78, 5) is 2.40. The molecule has 1 aliphatic carbocycles. The molecule has 0 amide bonds. The van der Waals surface area contributed by atoms with Crippen molar-refractivity contribution in [2.24, 2.45) is 0 Å². The Balaban J connectivity index is 1.23. The highest BCUT2D eigenvalue weighted by Gasteiger charge is 2.50. The summed E-state index contributed by atoms with van der Waals surface area (Å²) in [5.74, 6) is 0. The first-order valence-electron chi connectivity index (χ1n) is 17.7. The molecule has 51 heavy (non-hydrogen) atoms. The lowest BCUT2D eigenvalue weighted by molar-refractivity contribution is 0.748. The molecule has 2 nitrogen and oxygen atoms in total. The van der Waals surface area contributed by atoms with Crippen LogP contribution in [0.1, 0.15) is 22.3 Å². The first kappa shape index (κ1) is 28.2. The monoisotopic (exact) mass is 648 g/mol. The third-order valence-corrected chi connectivity index (χ3v) is 11.2. The van der Waals surface area contributed by atoms with Gasteiger partial charge in [0.25, 0.3) is 0 Å². The van der Waals surface area contributed by atoms with Crippen LogP contribution < -0.4 is 4.90 Å². The average Bonchev–Trinajstić information content (AvgIpc) is 3.70. The Bertz CT molecular complexity index is 2750. The molecule has 0 unspecified atom stereocenters. The Labute approximate surface area is 297 Å². The zero-order valence-corrected chi connectivity index (χ0v) is 27.9. The number of fused-ring (bicyclic) bond motifs is 12. The number of benzene rings is 8. The number of nitrogens with zero attached hydrogens (tertiary/aromatic N) is 2. The topological polar surface area (TPSA) is 8.17 Å². The molecule has 2 aliphatic rings. The SMILES string of the molecule is c1ccc(-c2ccc(N(c3ccccc3)c3ccc4c(c3)C3(c5ccccc5-c5ccccc53)c3cccc5c6ccccc6n-4c35)cc2)cc1. The van der Waals surface area contributed by atoms with E-state index in [1.54, 1.807) is 0 Å².